The molecule has 1 fully saturated rings. The quantitative estimate of drug-likeness (QED) is 0.559. The number of nitrogens with zero attached hydrogens (tertiary/aromatic N) is 1. The molecule has 1 heterocycles. The van der Waals surface area contributed by atoms with Crippen molar-refractivity contribution in [2.45, 2.75) is 32.0 Å². The number of nitriles is 1. The highest BCUT2D eigenvalue weighted by molar-refractivity contribution is 5.09. The molecule has 1 aliphatic heterocycles. The van der Waals surface area contributed by atoms with Gasteiger partial charge in [0.05, 0.1) is 18.3 Å². The predicted molar refractivity (Wildman–Crippen MR) is 39.8 cm³/mol. The van der Waals surface area contributed by atoms with Crippen molar-refractivity contribution in [1.29, 1.82) is 5.26 Å². The van der Waals surface area contributed by atoms with Crippen molar-refractivity contribution < 1.29 is 9.84 Å². The molecule has 0 saturated carbocycles. The van der Waals surface area contributed by atoms with Crippen molar-refractivity contribution in [2.75, 3.05) is 6.61 Å². The largest absolute Gasteiger partial charge is 0.386 e. The second-order valence-corrected chi connectivity index (χ2v) is 3.65. The van der Waals surface area contributed by atoms with Gasteiger partial charge >= 0.3 is 0 Å². The van der Waals surface area contributed by atoms with Crippen LogP contribution in [0.15, 0.2) is 0 Å². The maximum Gasteiger partial charge on any atom is 0.108 e. The normalized spacial score (nSPS) is 41.9. The zero-order chi connectivity index (χ0) is 8.70. The van der Waals surface area contributed by atoms with Gasteiger partial charge in [0, 0.05) is 0 Å². The summed E-state index contributed by atoms with van der Waals surface area (Å²) in [6.07, 6.45) is 0. The molecule has 2 atom stereocenters. The van der Waals surface area contributed by atoms with Crippen LogP contribution in [0.25, 0.3) is 0 Å². The summed E-state index contributed by atoms with van der Waals surface area (Å²) < 4.78 is 5.29. The van der Waals surface area contributed by atoms with E-state index in [4.69, 9.17) is 10.00 Å². The highest BCUT2D eigenvalue weighted by Crippen LogP contribution is 2.38. The van der Waals surface area contributed by atoms with Crippen molar-refractivity contribution in [3.63, 3.8) is 0 Å². The Hall–Kier alpha value is -0.590. The van der Waals surface area contributed by atoms with Crippen LogP contribution in [0.3, 0.4) is 0 Å². The Morgan fingerprint density at radius 1 is 1.55 bits per heavy atom. The molecule has 0 aliphatic carbocycles. The van der Waals surface area contributed by atoms with Crippen LogP contribution in [0.2, 0.25) is 0 Å². The lowest BCUT2D eigenvalue weighted by Gasteiger charge is -2.32. The van der Waals surface area contributed by atoms with Gasteiger partial charge in [-0.05, 0) is 20.8 Å². The third kappa shape index (κ3) is 1.03. The van der Waals surface area contributed by atoms with E-state index in [0.717, 1.165) is 0 Å². The Kier molecular flexibility index (Phi) is 1.70. The summed E-state index contributed by atoms with van der Waals surface area (Å²) in [6.45, 7) is 5.57. The van der Waals surface area contributed by atoms with E-state index in [-0.39, 0.29) is 0 Å². The van der Waals surface area contributed by atoms with Gasteiger partial charge in [-0.15, -0.1) is 0 Å². The van der Waals surface area contributed by atoms with E-state index >= 15 is 0 Å². The summed E-state index contributed by atoms with van der Waals surface area (Å²) in [6, 6.07) is 2.03. The zero-order valence-corrected chi connectivity index (χ0v) is 7.09. The van der Waals surface area contributed by atoms with E-state index in [0.29, 0.717) is 6.61 Å². The van der Waals surface area contributed by atoms with E-state index < -0.39 is 17.1 Å². The lowest BCUT2D eigenvalue weighted by molar-refractivity contribution is -0.0913. The van der Waals surface area contributed by atoms with Crippen LogP contribution in [0, 0.1) is 17.2 Å². The molecule has 3 heteroatoms. The van der Waals surface area contributed by atoms with Crippen LogP contribution < -0.4 is 0 Å². The van der Waals surface area contributed by atoms with Crippen molar-refractivity contribution in [1.82, 2.24) is 0 Å². The number of ether oxygens (including phenoxy) is 1. The maximum atomic E-state index is 9.83. The molecule has 1 N–H and O–H groups in total. The monoisotopic (exact) mass is 155 g/mol. The van der Waals surface area contributed by atoms with Gasteiger partial charge in [-0.3, -0.25) is 0 Å². The summed E-state index contributed by atoms with van der Waals surface area (Å²) in [5.74, 6) is -0.405. The second kappa shape index (κ2) is 2.20. The number of rotatable bonds is 0. The SMILES string of the molecule is CC1(C)OCC(C#N)C1(C)O. The average Bonchev–Trinajstić information content (AvgIpc) is 2.05. The third-order valence-electron chi connectivity index (χ3n) is 2.66. The van der Waals surface area contributed by atoms with E-state index in [2.05, 4.69) is 0 Å². The molecule has 0 aromatic heterocycles. The molecule has 1 saturated heterocycles. The molecule has 2 unspecified atom stereocenters. The first-order valence-electron chi connectivity index (χ1n) is 3.68. The zero-order valence-electron chi connectivity index (χ0n) is 7.09. The van der Waals surface area contributed by atoms with Gasteiger partial charge in [0.2, 0.25) is 0 Å². The minimum absolute atomic E-state index is 0.330. The lowest BCUT2D eigenvalue weighted by Crippen LogP contribution is -2.47. The highest BCUT2D eigenvalue weighted by atomic mass is 16.5. The van der Waals surface area contributed by atoms with Gasteiger partial charge in [-0.1, -0.05) is 0 Å². The van der Waals surface area contributed by atoms with Crippen LogP contribution >= 0.6 is 0 Å². The first-order valence-corrected chi connectivity index (χ1v) is 3.68. The molecular weight excluding hydrogens is 142 g/mol. The molecule has 0 spiro atoms. The molecule has 11 heavy (non-hydrogen) atoms. The smallest absolute Gasteiger partial charge is 0.108 e. The van der Waals surface area contributed by atoms with Crippen LogP contribution in [-0.2, 0) is 4.74 Å². The van der Waals surface area contributed by atoms with Crippen molar-refractivity contribution in [3.8, 4) is 6.07 Å². The van der Waals surface area contributed by atoms with Crippen molar-refractivity contribution >= 4 is 0 Å². The van der Waals surface area contributed by atoms with Crippen LogP contribution in [0.5, 0.6) is 0 Å². The number of aliphatic hydroxyl groups is 1. The highest BCUT2D eigenvalue weighted by Gasteiger charge is 2.52. The fraction of sp³-hybridized carbons (Fsp3) is 0.875. The predicted octanol–water partition coefficient (Wildman–Crippen LogP) is 0.686. The lowest BCUT2D eigenvalue weighted by atomic mass is 9.81. The van der Waals surface area contributed by atoms with E-state index in [1.54, 1.807) is 20.8 Å². The fourth-order valence-corrected chi connectivity index (χ4v) is 1.18. The third-order valence-corrected chi connectivity index (χ3v) is 2.66. The molecule has 0 aromatic rings. The molecule has 0 bridgehead atoms. The summed E-state index contributed by atoms with van der Waals surface area (Å²) in [7, 11) is 0. The van der Waals surface area contributed by atoms with Gasteiger partial charge in [0.1, 0.15) is 11.5 Å². The van der Waals surface area contributed by atoms with Crippen molar-refractivity contribution in [3.05, 3.63) is 0 Å². The molecule has 0 amide bonds. The Labute approximate surface area is 66.6 Å². The Morgan fingerprint density at radius 3 is 2.27 bits per heavy atom. The van der Waals surface area contributed by atoms with Crippen molar-refractivity contribution in [2.24, 2.45) is 5.92 Å². The number of hydrogen-bond donors (Lipinski definition) is 1. The minimum atomic E-state index is -1.03. The molecule has 3 nitrogen and oxygen atoms in total. The summed E-state index contributed by atoms with van der Waals surface area (Å²) in [4.78, 5) is 0. The first-order chi connectivity index (χ1) is 4.92. The summed E-state index contributed by atoms with van der Waals surface area (Å²) in [5.41, 5.74) is -1.63. The Morgan fingerprint density at radius 2 is 2.09 bits per heavy atom. The number of hydrogen-bond acceptors (Lipinski definition) is 3. The van der Waals surface area contributed by atoms with Gasteiger partial charge in [0.15, 0.2) is 0 Å². The van der Waals surface area contributed by atoms with Crippen LogP contribution in [0.4, 0.5) is 0 Å². The Bertz CT molecular complexity index is 203. The molecule has 1 rings (SSSR count). The molecule has 0 radical (unpaired) electrons. The van der Waals surface area contributed by atoms with E-state index in [1.807, 2.05) is 6.07 Å². The van der Waals surface area contributed by atoms with Crippen LogP contribution in [-0.4, -0.2) is 22.9 Å². The fourth-order valence-electron chi connectivity index (χ4n) is 1.18. The average molecular weight is 155 g/mol. The summed E-state index contributed by atoms with van der Waals surface area (Å²) in [5, 5.41) is 18.5. The molecule has 62 valence electrons. The van der Waals surface area contributed by atoms with Gasteiger partial charge in [-0.2, -0.15) is 5.26 Å². The minimum Gasteiger partial charge on any atom is -0.386 e. The second-order valence-electron chi connectivity index (χ2n) is 3.65. The maximum absolute atomic E-state index is 9.83. The topological polar surface area (TPSA) is 53.2 Å². The standard InChI is InChI=1S/C8H13NO2/c1-7(2)8(3,10)6(4-9)5-11-7/h6,10H,5H2,1-3H3. The van der Waals surface area contributed by atoms with Gasteiger partial charge < -0.3 is 9.84 Å². The van der Waals surface area contributed by atoms with Crippen LogP contribution in [0.1, 0.15) is 20.8 Å². The van der Waals surface area contributed by atoms with Gasteiger partial charge in [0.25, 0.3) is 0 Å². The van der Waals surface area contributed by atoms with Gasteiger partial charge in [-0.25, -0.2) is 0 Å². The molecule has 1 aliphatic rings. The first kappa shape index (κ1) is 8.51. The van der Waals surface area contributed by atoms with E-state index in [9.17, 15) is 5.11 Å². The Balaban J connectivity index is 2.92. The summed E-state index contributed by atoms with van der Waals surface area (Å²) >= 11 is 0. The van der Waals surface area contributed by atoms with E-state index in [1.165, 1.54) is 0 Å². The molecular formula is C8H13NO2. The molecule has 0 aromatic carbocycles.